The van der Waals surface area contributed by atoms with Gasteiger partial charge in [0.05, 0.1) is 5.56 Å². The zero-order chi connectivity index (χ0) is 15.9. The fraction of sp³-hybridized carbons (Fsp3) is 0.125. The molecule has 0 fully saturated rings. The lowest BCUT2D eigenvalue weighted by Gasteiger charge is -2.10. The van der Waals surface area contributed by atoms with Crippen molar-refractivity contribution in [2.45, 2.75) is 6.61 Å². The molecule has 2 aromatic rings. The number of hydrogen-bond acceptors (Lipinski definition) is 5. The van der Waals surface area contributed by atoms with Crippen LogP contribution in [0.5, 0.6) is 11.5 Å². The summed E-state index contributed by atoms with van der Waals surface area (Å²) in [5, 5.41) is 9.63. The van der Waals surface area contributed by atoms with Crippen molar-refractivity contribution in [2.75, 3.05) is 6.61 Å². The summed E-state index contributed by atoms with van der Waals surface area (Å²) in [6.45, 7) is -0.211. The number of halogens is 1. The Hall–Kier alpha value is -2.34. The predicted octanol–water partition coefficient (Wildman–Crippen LogP) is 3.09. The van der Waals surface area contributed by atoms with Crippen molar-refractivity contribution in [2.24, 2.45) is 0 Å². The molecule has 0 bridgehead atoms. The lowest BCUT2D eigenvalue weighted by Crippen LogP contribution is -2.15. The van der Waals surface area contributed by atoms with E-state index in [1.165, 1.54) is 12.1 Å². The van der Waals surface area contributed by atoms with E-state index in [-0.39, 0.29) is 30.3 Å². The van der Waals surface area contributed by atoms with Gasteiger partial charge in [0.25, 0.3) is 0 Å². The highest BCUT2D eigenvalue weighted by molar-refractivity contribution is 9.10. The summed E-state index contributed by atoms with van der Waals surface area (Å²) >= 11 is 3.17. The number of phenols is 1. The molecule has 0 aliphatic rings. The topological polar surface area (TPSA) is 72.8 Å². The molecular weight excluding hydrogens is 352 g/mol. The van der Waals surface area contributed by atoms with E-state index in [1.54, 1.807) is 0 Å². The standard InChI is InChI=1S/C16H13BrO5/c17-12-6-14(19)13(8-18)15(7-12)21-10-16(20)22-9-11-4-2-1-3-5-11/h1-8,19H,9-10H2. The van der Waals surface area contributed by atoms with Gasteiger partial charge >= 0.3 is 5.97 Å². The number of aromatic hydroxyl groups is 1. The average molecular weight is 365 g/mol. The second kappa shape index (κ2) is 7.61. The highest BCUT2D eigenvalue weighted by atomic mass is 79.9. The molecule has 0 aromatic heterocycles. The molecule has 0 saturated heterocycles. The van der Waals surface area contributed by atoms with Gasteiger partial charge in [0, 0.05) is 4.47 Å². The van der Waals surface area contributed by atoms with Gasteiger partial charge in [-0.1, -0.05) is 46.3 Å². The van der Waals surface area contributed by atoms with E-state index in [1.807, 2.05) is 30.3 Å². The van der Waals surface area contributed by atoms with Crippen LogP contribution in [0.3, 0.4) is 0 Å². The molecular formula is C16H13BrO5. The SMILES string of the molecule is O=Cc1c(O)cc(Br)cc1OCC(=O)OCc1ccccc1. The maximum Gasteiger partial charge on any atom is 0.344 e. The number of ether oxygens (including phenoxy) is 2. The van der Waals surface area contributed by atoms with Crippen molar-refractivity contribution >= 4 is 28.2 Å². The number of benzene rings is 2. The van der Waals surface area contributed by atoms with Crippen molar-refractivity contribution in [3.05, 3.63) is 58.1 Å². The minimum absolute atomic E-state index is 0.0148. The number of carbonyl (C=O) groups excluding carboxylic acids is 2. The maximum atomic E-state index is 11.6. The molecule has 0 radical (unpaired) electrons. The van der Waals surface area contributed by atoms with Gasteiger partial charge in [-0.3, -0.25) is 4.79 Å². The van der Waals surface area contributed by atoms with Gasteiger partial charge in [-0.15, -0.1) is 0 Å². The third-order valence-corrected chi connectivity index (χ3v) is 3.25. The first-order valence-corrected chi connectivity index (χ1v) is 7.19. The van der Waals surface area contributed by atoms with E-state index in [0.717, 1.165) is 5.56 Å². The molecule has 2 rings (SSSR count). The molecule has 2 aromatic carbocycles. The molecule has 0 amide bonds. The average Bonchev–Trinajstić information content (AvgIpc) is 2.51. The van der Waals surface area contributed by atoms with E-state index < -0.39 is 5.97 Å². The molecule has 0 unspecified atom stereocenters. The fourth-order valence-corrected chi connectivity index (χ4v) is 2.16. The quantitative estimate of drug-likeness (QED) is 0.629. The van der Waals surface area contributed by atoms with Gasteiger partial charge in [0.2, 0.25) is 0 Å². The summed E-state index contributed by atoms with van der Waals surface area (Å²) in [5.41, 5.74) is 0.851. The van der Waals surface area contributed by atoms with Gasteiger partial charge in [-0.2, -0.15) is 0 Å². The Bertz CT molecular complexity index is 670. The molecule has 22 heavy (non-hydrogen) atoms. The van der Waals surface area contributed by atoms with Crippen LogP contribution in [0.25, 0.3) is 0 Å². The lowest BCUT2D eigenvalue weighted by molar-refractivity contribution is -0.147. The van der Waals surface area contributed by atoms with Crippen LogP contribution in [0.1, 0.15) is 15.9 Å². The van der Waals surface area contributed by atoms with Crippen molar-refractivity contribution < 1.29 is 24.2 Å². The predicted molar refractivity (Wildman–Crippen MR) is 82.9 cm³/mol. The smallest absolute Gasteiger partial charge is 0.344 e. The van der Waals surface area contributed by atoms with Gasteiger partial charge < -0.3 is 14.6 Å². The zero-order valence-corrected chi connectivity index (χ0v) is 13.1. The van der Waals surface area contributed by atoms with Crippen molar-refractivity contribution in [3.8, 4) is 11.5 Å². The number of carbonyl (C=O) groups is 2. The zero-order valence-electron chi connectivity index (χ0n) is 11.5. The summed E-state index contributed by atoms with van der Waals surface area (Å²) in [5.74, 6) is -0.685. The molecule has 114 valence electrons. The van der Waals surface area contributed by atoms with E-state index in [2.05, 4.69) is 15.9 Å². The highest BCUT2D eigenvalue weighted by Gasteiger charge is 2.12. The molecule has 5 nitrogen and oxygen atoms in total. The van der Waals surface area contributed by atoms with Crippen LogP contribution in [0, 0.1) is 0 Å². The Morgan fingerprint density at radius 2 is 1.95 bits per heavy atom. The molecule has 0 aliphatic carbocycles. The Kier molecular flexibility index (Phi) is 5.55. The highest BCUT2D eigenvalue weighted by Crippen LogP contribution is 2.30. The Morgan fingerprint density at radius 1 is 1.23 bits per heavy atom. The van der Waals surface area contributed by atoms with E-state index in [0.29, 0.717) is 10.8 Å². The van der Waals surface area contributed by atoms with E-state index in [9.17, 15) is 14.7 Å². The van der Waals surface area contributed by atoms with Crippen LogP contribution >= 0.6 is 15.9 Å². The van der Waals surface area contributed by atoms with Gasteiger partial charge in [-0.25, -0.2) is 4.79 Å². The van der Waals surface area contributed by atoms with Crippen LogP contribution in [0.4, 0.5) is 0 Å². The molecule has 0 heterocycles. The molecule has 0 aliphatic heterocycles. The Labute approximate surface area is 135 Å². The minimum Gasteiger partial charge on any atom is -0.507 e. The largest absolute Gasteiger partial charge is 0.507 e. The summed E-state index contributed by atoms with van der Waals surface area (Å²) in [4.78, 5) is 22.6. The number of hydrogen-bond donors (Lipinski definition) is 1. The first-order valence-electron chi connectivity index (χ1n) is 6.40. The minimum atomic E-state index is -0.569. The lowest BCUT2D eigenvalue weighted by atomic mass is 10.2. The van der Waals surface area contributed by atoms with Crippen LogP contribution < -0.4 is 4.74 Å². The van der Waals surface area contributed by atoms with Crippen LogP contribution in [0.2, 0.25) is 0 Å². The summed E-state index contributed by atoms with van der Waals surface area (Å²) in [6, 6.07) is 12.1. The number of esters is 1. The van der Waals surface area contributed by atoms with Crippen LogP contribution in [-0.2, 0) is 16.1 Å². The van der Waals surface area contributed by atoms with Crippen LogP contribution in [-0.4, -0.2) is 24.0 Å². The Balaban J connectivity index is 1.92. The molecule has 0 saturated carbocycles. The first kappa shape index (κ1) is 16.0. The summed E-state index contributed by atoms with van der Waals surface area (Å²) in [6.07, 6.45) is 0.465. The second-order valence-corrected chi connectivity index (χ2v) is 5.31. The normalized spacial score (nSPS) is 10.0. The Morgan fingerprint density at radius 3 is 2.64 bits per heavy atom. The van der Waals surface area contributed by atoms with E-state index >= 15 is 0 Å². The second-order valence-electron chi connectivity index (χ2n) is 4.39. The first-order chi connectivity index (χ1) is 10.6. The van der Waals surface area contributed by atoms with Crippen molar-refractivity contribution in [1.29, 1.82) is 0 Å². The monoisotopic (exact) mass is 364 g/mol. The number of rotatable bonds is 6. The third-order valence-electron chi connectivity index (χ3n) is 2.79. The van der Waals surface area contributed by atoms with Crippen molar-refractivity contribution in [1.82, 2.24) is 0 Å². The van der Waals surface area contributed by atoms with E-state index in [4.69, 9.17) is 9.47 Å². The molecule has 0 spiro atoms. The summed E-state index contributed by atoms with van der Waals surface area (Å²) in [7, 11) is 0. The third kappa shape index (κ3) is 4.33. The summed E-state index contributed by atoms with van der Waals surface area (Å²) < 4.78 is 10.8. The van der Waals surface area contributed by atoms with Gasteiger partial charge in [-0.05, 0) is 17.7 Å². The van der Waals surface area contributed by atoms with Crippen molar-refractivity contribution in [3.63, 3.8) is 0 Å². The number of phenolic OH excluding ortho intramolecular Hbond substituents is 1. The number of aldehydes is 1. The molecule has 1 N–H and O–H groups in total. The van der Waals surface area contributed by atoms with Gasteiger partial charge in [0.15, 0.2) is 12.9 Å². The van der Waals surface area contributed by atoms with Gasteiger partial charge in [0.1, 0.15) is 18.1 Å². The molecule has 0 atom stereocenters. The maximum absolute atomic E-state index is 11.6. The van der Waals surface area contributed by atoms with Crippen LogP contribution in [0.15, 0.2) is 46.9 Å². The molecule has 6 heteroatoms. The fourth-order valence-electron chi connectivity index (χ4n) is 1.73.